The molecular weight excluding hydrogens is 380 g/mol. The number of fused-ring (bicyclic) bond motifs is 1. The van der Waals surface area contributed by atoms with Gasteiger partial charge in [0.1, 0.15) is 5.75 Å². The van der Waals surface area contributed by atoms with Crippen molar-refractivity contribution < 1.29 is 23.2 Å². The molecular formula is C20H20N2O5S. The van der Waals surface area contributed by atoms with Crippen molar-refractivity contribution in [3.8, 4) is 5.75 Å². The molecule has 1 amide bonds. The van der Waals surface area contributed by atoms with Crippen LogP contribution >= 0.6 is 0 Å². The molecule has 0 unspecified atom stereocenters. The summed E-state index contributed by atoms with van der Waals surface area (Å²) in [6.45, 7) is 0. The molecule has 0 aliphatic heterocycles. The molecule has 146 valence electrons. The molecule has 7 nitrogen and oxygen atoms in total. The third-order valence-corrected chi connectivity index (χ3v) is 5.95. The number of nitrogens with zero attached hydrogens (tertiary/aromatic N) is 2. The third kappa shape index (κ3) is 4.65. The largest absolute Gasteiger partial charge is 0.497 e. The molecule has 0 aliphatic rings. The smallest absolute Gasteiger partial charge is 0.233 e. The van der Waals surface area contributed by atoms with Crippen LogP contribution in [0.4, 0.5) is 0 Å². The summed E-state index contributed by atoms with van der Waals surface area (Å²) in [6, 6.07) is 14.7. The molecule has 0 spiro atoms. The van der Waals surface area contributed by atoms with E-state index in [0.717, 1.165) is 10.8 Å². The fraction of sp³-hybridized carbons (Fsp3) is 0.200. The molecule has 0 aliphatic carbocycles. The maximum absolute atomic E-state index is 12.7. The van der Waals surface area contributed by atoms with Crippen molar-refractivity contribution in [3.05, 3.63) is 72.1 Å². The number of carbonyl (C=O) groups excluding carboxylic acids is 1. The number of carbonyl (C=O) groups is 1. The first-order valence-corrected chi connectivity index (χ1v) is 10.3. The lowest BCUT2D eigenvalue weighted by molar-refractivity contribution is -0.158. The van der Waals surface area contributed by atoms with Gasteiger partial charge in [-0.3, -0.25) is 15.0 Å². The average molecular weight is 400 g/mol. The first-order chi connectivity index (χ1) is 13.4. The van der Waals surface area contributed by atoms with E-state index in [9.17, 15) is 18.4 Å². The molecule has 1 heterocycles. The Morgan fingerprint density at radius 1 is 1.14 bits per heavy atom. The van der Waals surface area contributed by atoms with Gasteiger partial charge in [-0.05, 0) is 29.1 Å². The van der Waals surface area contributed by atoms with Crippen LogP contribution in [0.15, 0.2) is 60.8 Å². The zero-order chi connectivity index (χ0) is 20.1. The molecule has 8 heteroatoms. The Hall–Kier alpha value is -2.97. The van der Waals surface area contributed by atoms with Crippen LogP contribution < -0.4 is 4.74 Å². The van der Waals surface area contributed by atoms with Crippen molar-refractivity contribution in [1.29, 1.82) is 0 Å². The summed E-state index contributed by atoms with van der Waals surface area (Å²) in [5.74, 6) is -0.151. The van der Waals surface area contributed by atoms with E-state index in [1.54, 1.807) is 36.5 Å². The van der Waals surface area contributed by atoms with Crippen LogP contribution in [0.25, 0.3) is 10.8 Å². The summed E-state index contributed by atoms with van der Waals surface area (Å²) in [5.41, 5.74) is 0.883. The van der Waals surface area contributed by atoms with Gasteiger partial charge >= 0.3 is 0 Å². The Kier molecular flexibility index (Phi) is 5.91. The van der Waals surface area contributed by atoms with Crippen LogP contribution in [0.2, 0.25) is 0 Å². The Morgan fingerprint density at radius 2 is 1.82 bits per heavy atom. The predicted octanol–water partition coefficient (Wildman–Crippen LogP) is 2.75. The molecule has 2 aromatic carbocycles. The minimum Gasteiger partial charge on any atom is -0.497 e. The molecule has 0 saturated heterocycles. The predicted molar refractivity (Wildman–Crippen MR) is 105 cm³/mol. The number of ether oxygens (including phenoxy) is 1. The van der Waals surface area contributed by atoms with E-state index in [-0.39, 0.29) is 12.2 Å². The fourth-order valence-corrected chi connectivity index (χ4v) is 4.51. The second kappa shape index (κ2) is 8.37. The summed E-state index contributed by atoms with van der Waals surface area (Å²) >= 11 is 0. The van der Waals surface area contributed by atoms with Gasteiger partial charge in [-0.2, -0.15) is 0 Å². The molecule has 1 aromatic heterocycles. The van der Waals surface area contributed by atoms with E-state index in [2.05, 4.69) is 4.98 Å². The highest BCUT2D eigenvalue weighted by Gasteiger charge is 2.26. The zero-order valence-corrected chi connectivity index (χ0v) is 16.0. The van der Waals surface area contributed by atoms with Crippen molar-refractivity contribution in [2.45, 2.75) is 11.8 Å². The molecule has 0 fully saturated rings. The van der Waals surface area contributed by atoms with Crippen LogP contribution in [0, 0.1) is 0 Å². The molecule has 28 heavy (non-hydrogen) atoms. The van der Waals surface area contributed by atoms with Crippen molar-refractivity contribution in [2.24, 2.45) is 0 Å². The van der Waals surface area contributed by atoms with Gasteiger partial charge in [0.25, 0.3) is 0 Å². The van der Waals surface area contributed by atoms with Crippen LogP contribution in [-0.2, 0) is 20.4 Å². The van der Waals surface area contributed by atoms with Gasteiger partial charge in [-0.1, -0.05) is 36.4 Å². The number of rotatable bonds is 8. The molecule has 1 N–H and O–H groups in total. The fourth-order valence-electron chi connectivity index (χ4n) is 2.96. The van der Waals surface area contributed by atoms with E-state index in [4.69, 9.17) is 4.74 Å². The van der Waals surface area contributed by atoms with Crippen molar-refractivity contribution in [2.75, 3.05) is 12.9 Å². The second-order valence-corrected chi connectivity index (χ2v) is 8.46. The lowest BCUT2D eigenvalue weighted by Crippen LogP contribution is -2.30. The van der Waals surface area contributed by atoms with E-state index in [1.807, 2.05) is 24.3 Å². The molecule has 3 rings (SSSR count). The number of hydroxylamine groups is 2. The minimum atomic E-state index is -3.68. The van der Waals surface area contributed by atoms with Gasteiger partial charge in [0.15, 0.2) is 9.84 Å². The Balaban J connectivity index is 1.84. The topological polar surface area (TPSA) is 96.8 Å². The number of pyridine rings is 1. The molecule has 0 radical (unpaired) electrons. The van der Waals surface area contributed by atoms with E-state index >= 15 is 0 Å². The number of aromatic nitrogens is 1. The maximum Gasteiger partial charge on any atom is 0.233 e. The SMILES string of the molecule is COc1ccc([C@@H](CS(=O)(=O)Cc2cc3ccccc3cn2)N(O)C=O)cc1. The molecule has 0 saturated carbocycles. The van der Waals surface area contributed by atoms with Gasteiger partial charge in [0.2, 0.25) is 6.41 Å². The Bertz CT molecular complexity index is 1070. The normalized spacial score (nSPS) is 12.5. The number of benzene rings is 2. The second-order valence-electron chi connectivity index (χ2n) is 6.35. The monoisotopic (exact) mass is 400 g/mol. The first kappa shape index (κ1) is 19.8. The summed E-state index contributed by atoms with van der Waals surface area (Å²) in [4.78, 5) is 15.3. The first-order valence-electron chi connectivity index (χ1n) is 8.52. The maximum atomic E-state index is 12.7. The van der Waals surface area contributed by atoms with Gasteiger partial charge in [-0.15, -0.1) is 0 Å². The Morgan fingerprint density at radius 3 is 2.46 bits per heavy atom. The quantitative estimate of drug-likeness (QED) is 0.355. The number of hydrogen-bond donors (Lipinski definition) is 1. The van der Waals surface area contributed by atoms with Crippen LogP contribution in [0.3, 0.4) is 0 Å². The molecule has 0 bridgehead atoms. The summed E-state index contributed by atoms with van der Waals surface area (Å²) in [5, 5.41) is 12.1. The third-order valence-electron chi connectivity index (χ3n) is 4.40. The van der Waals surface area contributed by atoms with Crippen molar-refractivity contribution in [3.63, 3.8) is 0 Å². The summed E-state index contributed by atoms with van der Waals surface area (Å²) in [6.07, 6.45) is 1.82. The highest BCUT2D eigenvalue weighted by molar-refractivity contribution is 7.90. The standard InChI is InChI=1S/C20H20N2O5S/c1-27-19-8-6-15(7-9-19)20(22(24)14-23)13-28(25,26)12-18-10-16-4-2-3-5-17(16)11-21-18/h2-11,14,20,24H,12-13H2,1H3/t20-/m1/s1. The number of hydrogen-bond acceptors (Lipinski definition) is 6. The number of amides is 1. The minimum absolute atomic E-state index is 0.193. The zero-order valence-electron chi connectivity index (χ0n) is 15.2. The number of methoxy groups -OCH3 is 1. The van der Waals surface area contributed by atoms with Crippen LogP contribution in [-0.4, -0.2) is 42.9 Å². The summed E-state index contributed by atoms with van der Waals surface area (Å²) in [7, 11) is -2.16. The lowest BCUT2D eigenvalue weighted by atomic mass is 10.1. The molecule has 1 atom stereocenters. The van der Waals surface area contributed by atoms with Gasteiger partial charge < -0.3 is 4.74 Å². The van der Waals surface area contributed by atoms with E-state index < -0.39 is 21.6 Å². The highest BCUT2D eigenvalue weighted by atomic mass is 32.2. The van der Waals surface area contributed by atoms with Crippen molar-refractivity contribution >= 4 is 27.0 Å². The van der Waals surface area contributed by atoms with Gasteiger partial charge in [0.05, 0.1) is 30.4 Å². The Labute approximate surface area is 163 Å². The van der Waals surface area contributed by atoms with Gasteiger partial charge in [-0.25, -0.2) is 13.5 Å². The van der Waals surface area contributed by atoms with Gasteiger partial charge in [0, 0.05) is 11.6 Å². The van der Waals surface area contributed by atoms with E-state index in [1.165, 1.54) is 7.11 Å². The van der Waals surface area contributed by atoms with E-state index in [0.29, 0.717) is 22.1 Å². The summed E-state index contributed by atoms with van der Waals surface area (Å²) < 4.78 is 30.6. The highest BCUT2D eigenvalue weighted by Crippen LogP contribution is 2.24. The molecule has 3 aromatic rings. The van der Waals surface area contributed by atoms with Crippen LogP contribution in [0.5, 0.6) is 5.75 Å². The number of sulfone groups is 1. The average Bonchev–Trinajstić information content (AvgIpc) is 2.71. The lowest BCUT2D eigenvalue weighted by Gasteiger charge is -2.23. The van der Waals surface area contributed by atoms with Crippen LogP contribution in [0.1, 0.15) is 17.3 Å². The van der Waals surface area contributed by atoms with Crippen molar-refractivity contribution in [1.82, 2.24) is 10.0 Å².